The van der Waals surface area contributed by atoms with E-state index in [1.807, 2.05) is 0 Å². The van der Waals surface area contributed by atoms with Gasteiger partial charge in [0.15, 0.2) is 0 Å². The van der Waals surface area contributed by atoms with Crippen LogP contribution in [0.25, 0.3) is 10.9 Å². The Hall–Kier alpha value is -3.16. The number of esters is 1. The Morgan fingerprint density at radius 2 is 1.84 bits per heavy atom. The number of hydrogen-bond donors (Lipinski definition) is 1. The van der Waals surface area contributed by atoms with Gasteiger partial charge < -0.3 is 9.72 Å². The fourth-order valence-electron chi connectivity index (χ4n) is 2.22. The molecule has 8 heteroatoms. The van der Waals surface area contributed by atoms with E-state index in [1.54, 1.807) is 30.3 Å². The summed E-state index contributed by atoms with van der Waals surface area (Å²) in [5.74, 6) is -0.673. The zero-order chi connectivity index (χ0) is 18.0. The minimum Gasteiger partial charge on any atom is -0.454 e. The highest BCUT2D eigenvalue weighted by Gasteiger charge is 2.30. The van der Waals surface area contributed by atoms with E-state index in [0.29, 0.717) is 5.56 Å². The zero-order valence-electron chi connectivity index (χ0n) is 12.6. The van der Waals surface area contributed by atoms with Gasteiger partial charge in [-0.15, -0.1) is 0 Å². The molecule has 0 saturated heterocycles. The van der Waals surface area contributed by atoms with Crippen LogP contribution in [0.2, 0.25) is 0 Å². The van der Waals surface area contributed by atoms with E-state index >= 15 is 0 Å². The predicted octanol–water partition coefficient (Wildman–Crippen LogP) is 3.30. The van der Waals surface area contributed by atoms with Gasteiger partial charge in [0.2, 0.25) is 0 Å². The average Bonchev–Trinajstić information content (AvgIpc) is 2.59. The molecule has 2 aromatic carbocycles. The molecule has 0 saturated carbocycles. The molecule has 0 fully saturated rings. The van der Waals surface area contributed by atoms with Gasteiger partial charge in [0, 0.05) is 0 Å². The molecule has 0 aliphatic carbocycles. The van der Waals surface area contributed by atoms with Crippen LogP contribution in [-0.2, 0) is 17.5 Å². The van der Waals surface area contributed by atoms with Gasteiger partial charge in [-0.25, -0.2) is 9.78 Å². The molecule has 3 rings (SSSR count). The van der Waals surface area contributed by atoms with Crippen LogP contribution in [-0.4, -0.2) is 15.9 Å². The molecule has 0 radical (unpaired) electrons. The molecule has 1 aromatic heterocycles. The highest BCUT2D eigenvalue weighted by Crippen LogP contribution is 2.30. The van der Waals surface area contributed by atoms with Gasteiger partial charge >= 0.3 is 12.1 Å². The third-order valence-electron chi connectivity index (χ3n) is 3.43. The number of benzene rings is 2. The Kier molecular flexibility index (Phi) is 4.26. The topological polar surface area (TPSA) is 72.0 Å². The normalized spacial score (nSPS) is 11.5. The van der Waals surface area contributed by atoms with Crippen LogP contribution in [0.5, 0.6) is 0 Å². The molecule has 128 valence electrons. The number of nitrogens with one attached hydrogen (secondary N) is 1. The number of rotatable bonds is 3. The predicted molar refractivity (Wildman–Crippen MR) is 82.9 cm³/mol. The second-order valence-electron chi connectivity index (χ2n) is 5.18. The van der Waals surface area contributed by atoms with Crippen LogP contribution >= 0.6 is 0 Å². The maximum absolute atomic E-state index is 12.8. The van der Waals surface area contributed by atoms with E-state index in [-0.39, 0.29) is 23.3 Å². The molecule has 0 aliphatic heterocycles. The first-order chi connectivity index (χ1) is 11.8. The van der Waals surface area contributed by atoms with Crippen LogP contribution in [0.4, 0.5) is 13.2 Å². The third kappa shape index (κ3) is 3.68. The third-order valence-corrected chi connectivity index (χ3v) is 3.43. The number of hydrogen-bond acceptors (Lipinski definition) is 4. The van der Waals surface area contributed by atoms with Gasteiger partial charge in [-0.2, -0.15) is 13.2 Å². The molecule has 0 atom stereocenters. The van der Waals surface area contributed by atoms with Gasteiger partial charge in [-0.05, 0) is 30.3 Å². The largest absolute Gasteiger partial charge is 0.454 e. The van der Waals surface area contributed by atoms with E-state index in [2.05, 4.69) is 9.97 Å². The van der Waals surface area contributed by atoms with E-state index < -0.39 is 23.3 Å². The Labute approximate surface area is 139 Å². The van der Waals surface area contributed by atoms with Crippen LogP contribution in [0.1, 0.15) is 21.7 Å². The minimum atomic E-state index is -4.54. The molecule has 0 spiro atoms. The number of aromatic nitrogens is 2. The molecule has 0 aliphatic rings. The molecule has 5 nitrogen and oxygen atoms in total. The number of carbonyl (C=O) groups excluding carboxylic acids is 1. The van der Waals surface area contributed by atoms with E-state index in [1.165, 1.54) is 0 Å². The van der Waals surface area contributed by atoms with Crippen LogP contribution < -0.4 is 5.56 Å². The zero-order valence-corrected chi connectivity index (χ0v) is 12.6. The molecular weight excluding hydrogens is 337 g/mol. The van der Waals surface area contributed by atoms with Gasteiger partial charge in [0.1, 0.15) is 12.4 Å². The van der Waals surface area contributed by atoms with E-state index in [4.69, 9.17) is 4.74 Å². The smallest absolute Gasteiger partial charge is 0.416 e. The van der Waals surface area contributed by atoms with Crippen LogP contribution in [0.15, 0.2) is 53.3 Å². The van der Waals surface area contributed by atoms with Gasteiger partial charge in [0.25, 0.3) is 5.56 Å². The molecule has 1 N–H and O–H groups in total. The number of halogens is 3. The van der Waals surface area contributed by atoms with Gasteiger partial charge in [-0.3, -0.25) is 4.79 Å². The van der Waals surface area contributed by atoms with Crippen molar-refractivity contribution >= 4 is 16.9 Å². The lowest BCUT2D eigenvalue weighted by Gasteiger charge is -2.08. The quantitative estimate of drug-likeness (QED) is 0.737. The van der Waals surface area contributed by atoms with Crippen molar-refractivity contribution in [3.05, 3.63) is 75.8 Å². The lowest BCUT2D eigenvalue weighted by Crippen LogP contribution is -2.15. The number of aromatic amines is 1. The standard InChI is InChI=1S/C17H11F3N2O3/c18-17(19,20)11-6-7-12-13(8-11)21-14(22-15(12)23)9-25-16(24)10-4-2-1-3-5-10/h1-8H,9H2,(H,21,22,23). The maximum Gasteiger partial charge on any atom is 0.416 e. The summed E-state index contributed by atoms with van der Waals surface area (Å²) in [7, 11) is 0. The average molecular weight is 348 g/mol. The molecule has 1 heterocycles. The number of H-pyrrole nitrogens is 1. The fraction of sp³-hybridized carbons (Fsp3) is 0.118. The minimum absolute atomic E-state index is 0.0196. The lowest BCUT2D eigenvalue weighted by atomic mass is 10.1. The molecule has 0 amide bonds. The number of ether oxygens (including phenoxy) is 1. The van der Waals surface area contributed by atoms with Crippen LogP contribution in [0, 0.1) is 0 Å². The summed E-state index contributed by atoms with van der Waals surface area (Å²) in [4.78, 5) is 30.2. The van der Waals surface area contributed by atoms with E-state index in [9.17, 15) is 22.8 Å². The lowest BCUT2D eigenvalue weighted by molar-refractivity contribution is -0.137. The van der Waals surface area contributed by atoms with Gasteiger partial charge in [-0.1, -0.05) is 18.2 Å². The summed E-state index contributed by atoms with van der Waals surface area (Å²) < 4.78 is 43.3. The summed E-state index contributed by atoms with van der Waals surface area (Å²) in [5.41, 5.74) is -1.33. The first-order valence-electron chi connectivity index (χ1n) is 7.17. The molecule has 0 unspecified atom stereocenters. The summed E-state index contributed by atoms with van der Waals surface area (Å²) in [5, 5.41) is 0.0196. The van der Waals surface area contributed by atoms with Crippen molar-refractivity contribution in [1.82, 2.24) is 9.97 Å². The van der Waals surface area contributed by atoms with Crippen molar-refractivity contribution in [3.63, 3.8) is 0 Å². The summed E-state index contributed by atoms with van der Waals surface area (Å²) >= 11 is 0. The summed E-state index contributed by atoms with van der Waals surface area (Å²) in [6.45, 7) is -0.366. The van der Waals surface area contributed by atoms with Crippen molar-refractivity contribution in [3.8, 4) is 0 Å². The highest BCUT2D eigenvalue weighted by molar-refractivity contribution is 5.89. The van der Waals surface area contributed by atoms with Crippen molar-refractivity contribution in [2.24, 2.45) is 0 Å². The summed E-state index contributed by atoms with van der Waals surface area (Å²) in [6, 6.07) is 10.8. The number of nitrogens with zero attached hydrogens (tertiary/aromatic N) is 1. The Bertz CT molecular complexity index is 982. The van der Waals surface area contributed by atoms with Crippen molar-refractivity contribution in [2.45, 2.75) is 12.8 Å². The Balaban J connectivity index is 1.87. The second-order valence-corrected chi connectivity index (χ2v) is 5.18. The van der Waals surface area contributed by atoms with Crippen molar-refractivity contribution in [2.75, 3.05) is 0 Å². The molecule has 25 heavy (non-hydrogen) atoms. The Morgan fingerprint density at radius 1 is 1.12 bits per heavy atom. The SMILES string of the molecule is O=C(OCc1nc2cc(C(F)(F)F)ccc2c(=O)[nH]1)c1ccccc1. The molecule has 0 bridgehead atoms. The monoisotopic (exact) mass is 348 g/mol. The fourth-order valence-corrected chi connectivity index (χ4v) is 2.22. The number of carbonyl (C=O) groups is 1. The number of fused-ring (bicyclic) bond motifs is 1. The highest BCUT2D eigenvalue weighted by atomic mass is 19.4. The summed E-state index contributed by atoms with van der Waals surface area (Å²) in [6.07, 6.45) is -4.54. The maximum atomic E-state index is 12.8. The number of alkyl halides is 3. The first-order valence-corrected chi connectivity index (χ1v) is 7.17. The first kappa shape index (κ1) is 16.7. The molecule has 3 aromatic rings. The molecular formula is C17H11F3N2O3. The second kappa shape index (κ2) is 6.39. The van der Waals surface area contributed by atoms with Crippen molar-refractivity contribution < 1.29 is 22.7 Å². The Morgan fingerprint density at radius 3 is 2.52 bits per heavy atom. The van der Waals surface area contributed by atoms with Crippen LogP contribution in [0.3, 0.4) is 0 Å². The van der Waals surface area contributed by atoms with Gasteiger partial charge in [0.05, 0.1) is 22.0 Å². The van der Waals surface area contributed by atoms with Crippen molar-refractivity contribution in [1.29, 1.82) is 0 Å². The van der Waals surface area contributed by atoms with E-state index in [0.717, 1.165) is 18.2 Å².